The summed E-state index contributed by atoms with van der Waals surface area (Å²) in [6.07, 6.45) is 0. The van der Waals surface area contributed by atoms with E-state index in [1.807, 2.05) is 72.8 Å². The van der Waals surface area contributed by atoms with Gasteiger partial charge >= 0.3 is 0 Å². The zero-order valence-electron chi connectivity index (χ0n) is 14.7. The Bertz CT molecular complexity index is 1030. The van der Waals surface area contributed by atoms with Crippen molar-refractivity contribution in [3.8, 4) is 11.5 Å². The first-order valence-corrected chi connectivity index (χ1v) is 9.18. The molecule has 0 spiro atoms. The van der Waals surface area contributed by atoms with Gasteiger partial charge in [-0.15, -0.1) is 0 Å². The second-order valence-corrected chi connectivity index (χ2v) is 6.46. The average molecular weight is 379 g/mol. The third-order valence-electron chi connectivity index (χ3n) is 4.25. The molecule has 4 aromatic rings. The number of hydrogen-bond donors (Lipinski definition) is 0. The molecule has 27 heavy (non-hydrogen) atoms. The lowest BCUT2D eigenvalue weighted by Gasteiger charge is -2.12. The number of halogens is 1. The third kappa shape index (κ3) is 4.07. The van der Waals surface area contributed by atoms with E-state index in [1.54, 1.807) is 0 Å². The lowest BCUT2D eigenvalue weighted by molar-refractivity contribution is 0.272. The summed E-state index contributed by atoms with van der Waals surface area (Å²) in [4.78, 5) is 4.73. The molecule has 0 radical (unpaired) electrons. The number of benzene rings is 3. The van der Waals surface area contributed by atoms with Crippen molar-refractivity contribution in [1.82, 2.24) is 9.55 Å². The number of ether oxygens (including phenoxy) is 2. The lowest BCUT2D eigenvalue weighted by atomic mass is 10.3. The summed E-state index contributed by atoms with van der Waals surface area (Å²) < 4.78 is 13.9. The van der Waals surface area contributed by atoms with Crippen LogP contribution in [0.3, 0.4) is 0 Å². The Morgan fingerprint density at radius 1 is 0.815 bits per heavy atom. The van der Waals surface area contributed by atoms with Crippen LogP contribution in [-0.2, 0) is 13.2 Å². The van der Waals surface area contributed by atoms with Crippen molar-refractivity contribution in [2.75, 3.05) is 6.61 Å². The Kier molecular flexibility index (Phi) is 5.26. The van der Waals surface area contributed by atoms with Gasteiger partial charge in [0.25, 0.3) is 0 Å². The van der Waals surface area contributed by atoms with Crippen molar-refractivity contribution in [2.24, 2.45) is 0 Å². The second kappa shape index (κ2) is 8.14. The molecule has 1 heterocycles. The van der Waals surface area contributed by atoms with Crippen LogP contribution in [0.2, 0.25) is 5.02 Å². The van der Waals surface area contributed by atoms with Crippen LogP contribution in [0.25, 0.3) is 11.0 Å². The van der Waals surface area contributed by atoms with Gasteiger partial charge in [0.05, 0.1) is 22.6 Å². The van der Waals surface area contributed by atoms with Gasteiger partial charge in [-0.2, -0.15) is 0 Å². The third-order valence-corrected chi connectivity index (χ3v) is 4.57. The van der Waals surface area contributed by atoms with Gasteiger partial charge < -0.3 is 14.0 Å². The van der Waals surface area contributed by atoms with E-state index in [1.165, 1.54) is 0 Å². The molecule has 0 fully saturated rings. The molecular formula is C22H19ClN2O2. The summed E-state index contributed by atoms with van der Waals surface area (Å²) in [5.74, 6) is 2.37. The topological polar surface area (TPSA) is 36.3 Å². The summed E-state index contributed by atoms with van der Waals surface area (Å²) in [7, 11) is 0. The van der Waals surface area contributed by atoms with Crippen molar-refractivity contribution in [3.63, 3.8) is 0 Å². The number of imidazole rings is 1. The highest BCUT2D eigenvalue weighted by Crippen LogP contribution is 2.23. The van der Waals surface area contributed by atoms with Crippen LogP contribution in [0.5, 0.6) is 11.5 Å². The van der Waals surface area contributed by atoms with Gasteiger partial charge in [0, 0.05) is 0 Å². The molecule has 0 aliphatic heterocycles. The van der Waals surface area contributed by atoms with Gasteiger partial charge in [-0.05, 0) is 36.4 Å². The molecule has 0 saturated heterocycles. The van der Waals surface area contributed by atoms with Crippen molar-refractivity contribution in [3.05, 3.63) is 89.7 Å². The summed E-state index contributed by atoms with van der Waals surface area (Å²) in [5, 5.41) is 0.612. The Morgan fingerprint density at radius 2 is 1.56 bits per heavy atom. The van der Waals surface area contributed by atoms with Crippen molar-refractivity contribution < 1.29 is 9.47 Å². The van der Waals surface area contributed by atoms with Crippen LogP contribution in [-0.4, -0.2) is 16.2 Å². The van der Waals surface area contributed by atoms with E-state index in [9.17, 15) is 0 Å². The van der Waals surface area contributed by atoms with Crippen molar-refractivity contribution in [1.29, 1.82) is 0 Å². The molecule has 3 aromatic carbocycles. The van der Waals surface area contributed by atoms with Crippen LogP contribution in [0.15, 0.2) is 78.9 Å². The van der Waals surface area contributed by atoms with E-state index < -0.39 is 0 Å². The Labute approximate surface area is 162 Å². The van der Waals surface area contributed by atoms with Gasteiger partial charge in [0.2, 0.25) is 0 Å². The number of aromatic nitrogens is 2. The van der Waals surface area contributed by atoms with Crippen LogP contribution < -0.4 is 9.47 Å². The van der Waals surface area contributed by atoms with Gasteiger partial charge in [-0.25, -0.2) is 4.98 Å². The molecular weight excluding hydrogens is 360 g/mol. The van der Waals surface area contributed by atoms with Crippen LogP contribution in [0, 0.1) is 0 Å². The van der Waals surface area contributed by atoms with Gasteiger partial charge in [-0.1, -0.05) is 54.1 Å². The molecule has 0 aliphatic carbocycles. The van der Waals surface area contributed by atoms with E-state index in [0.29, 0.717) is 30.5 Å². The Balaban J connectivity index is 1.52. The fourth-order valence-electron chi connectivity index (χ4n) is 2.96. The Morgan fingerprint density at radius 3 is 2.41 bits per heavy atom. The highest BCUT2D eigenvalue weighted by molar-refractivity contribution is 6.32. The lowest BCUT2D eigenvalue weighted by Crippen LogP contribution is -2.13. The van der Waals surface area contributed by atoms with E-state index in [2.05, 4.69) is 10.6 Å². The summed E-state index contributed by atoms with van der Waals surface area (Å²) >= 11 is 6.16. The number of hydrogen-bond acceptors (Lipinski definition) is 3. The largest absolute Gasteiger partial charge is 0.490 e. The number of nitrogens with zero attached hydrogens (tertiary/aromatic N) is 2. The second-order valence-electron chi connectivity index (χ2n) is 6.05. The minimum Gasteiger partial charge on any atom is -0.490 e. The first kappa shape index (κ1) is 17.4. The first-order valence-electron chi connectivity index (χ1n) is 8.80. The monoisotopic (exact) mass is 378 g/mol. The van der Waals surface area contributed by atoms with Crippen LogP contribution in [0.1, 0.15) is 5.82 Å². The number of fused-ring (bicyclic) bond motifs is 1. The quantitative estimate of drug-likeness (QED) is 0.435. The molecule has 136 valence electrons. The van der Waals surface area contributed by atoms with E-state index in [4.69, 9.17) is 26.1 Å². The highest BCUT2D eigenvalue weighted by atomic mass is 35.5. The van der Waals surface area contributed by atoms with E-state index >= 15 is 0 Å². The van der Waals surface area contributed by atoms with Gasteiger partial charge in [0.15, 0.2) is 0 Å². The van der Waals surface area contributed by atoms with Crippen LogP contribution in [0.4, 0.5) is 0 Å². The standard InChI is InChI=1S/C22H19ClN2O2/c23-18-10-4-7-13-21(18)26-15-14-25-20-12-6-5-11-19(20)24-22(25)16-27-17-8-2-1-3-9-17/h1-13H,14-16H2. The molecule has 4 nitrogen and oxygen atoms in total. The molecule has 0 unspecified atom stereocenters. The molecule has 5 heteroatoms. The fraction of sp³-hybridized carbons (Fsp3) is 0.136. The first-order chi connectivity index (χ1) is 13.3. The molecule has 0 saturated carbocycles. The number of rotatable bonds is 7. The average Bonchev–Trinajstić information content (AvgIpc) is 3.06. The van der Waals surface area contributed by atoms with Gasteiger partial charge in [0.1, 0.15) is 30.5 Å². The maximum absolute atomic E-state index is 6.16. The normalized spacial score (nSPS) is 10.9. The molecule has 0 bridgehead atoms. The summed E-state index contributed by atoms with van der Waals surface area (Å²) in [5.41, 5.74) is 2.01. The van der Waals surface area contributed by atoms with Gasteiger partial charge in [-0.3, -0.25) is 0 Å². The minimum absolute atomic E-state index is 0.394. The molecule has 0 N–H and O–H groups in total. The predicted octanol–water partition coefficient (Wildman–Crippen LogP) is 5.35. The number of para-hydroxylation sites is 4. The van der Waals surface area contributed by atoms with Crippen LogP contribution >= 0.6 is 11.6 Å². The van der Waals surface area contributed by atoms with Crippen molar-refractivity contribution in [2.45, 2.75) is 13.2 Å². The minimum atomic E-state index is 0.394. The fourth-order valence-corrected chi connectivity index (χ4v) is 3.15. The molecule has 1 aromatic heterocycles. The summed E-state index contributed by atoms with van der Waals surface area (Å²) in [6, 6.07) is 25.3. The predicted molar refractivity (Wildman–Crippen MR) is 107 cm³/mol. The molecule has 4 rings (SSSR count). The zero-order valence-corrected chi connectivity index (χ0v) is 15.5. The summed E-state index contributed by atoms with van der Waals surface area (Å²) in [6.45, 7) is 1.53. The maximum atomic E-state index is 6.16. The zero-order chi connectivity index (χ0) is 18.5. The molecule has 0 aliphatic rings. The highest BCUT2D eigenvalue weighted by Gasteiger charge is 2.11. The SMILES string of the molecule is Clc1ccccc1OCCn1c(COc2ccccc2)nc2ccccc21. The molecule has 0 atom stereocenters. The smallest absolute Gasteiger partial charge is 0.148 e. The molecule has 0 amide bonds. The Hall–Kier alpha value is -2.98. The maximum Gasteiger partial charge on any atom is 0.148 e. The van der Waals surface area contributed by atoms with E-state index in [-0.39, 0.29) is 0 Å². The van der Waals surface area contributed by atoms with E-state index in [0.717, 1.165) is 22.6 Å². The van der Waals surface area contributed by atoms with Crippen molar-refractivity contribution >= 4 is 22.6 Å².